The maximum absolute atomic E-state index is 11.9. The van der Waals surface area contributed by atoms with Gasteiger partial charge in [0.2, 0.25) is 0 Å². The summed E-state index contributed by atoms with van der Waals surface area (Å²) in [6.45, 7) is 1.31. The number of amides is 1. The summed E-state index contributed by atoms with van der Waals surface area (Å²) < 4.78 is 5.24. The number of piperidine rings is 1. The summed E-state index contributed by atoms with van der Waals surface area (Å²) >= 11 is 0. The van der Waals surface area contributed by atoms with E-state index in [2.05, 4.69) is 0 Å². The van der Waals surface area contributed by atoms with Crippen LogP contribution >= 0.6 is 24.8 Å². The van der Waals surface area contributed by atoms with Gasteiger partial charge in [-0.05, 0) is 12.0 Å². The zero-order valence-electron chi connectivity index (χ0n) is 11.1. The molecule has 0 aliphatic carbocycles. The van der Waals surface area contributed by atoms with Gasteiger partial charge in [0.1, 0.15) is 6.61 Å². The molecule has 1 amide bonds. The predicted molar refractivity (Wildman–Crippen MR) is 83.3 cm³/mol. The summed E-state index contributed by atoms with van der Waals surface area (Å²) in [5.41, 5.74) is 12.6. The number of carbonyl (C=O) groups is 1. The van der Waals surface area contributed by atoms with Crippen molar-refractivity contribution in [3.05, 3.63) is 35.9 Å². The van der Waals surface area contributed by atoms with Gasteiger partial charge in [0.25, 0.3) is 0 Å². The van der Waals surface area contributed by atoms with Crippen LogP contribution in [-0.2, 0) is 11.3 Å². The standard InChI is InChI=1S/C13H19N3O2.2ClH/c14-11-6-12(15)8-16(7-11)13(17)18-9-10-4-2-1-3-5-10;;/h1-5,11-12H,6-9,14-15H2;2*1H/t11-,12+;;. The zero-order valence-corrected chi connectivity index (χ0v) is 12.7. The first kappa shape index (κ1) is 19.0. The molecule has 1 aromatic rings. The molecule has 2 atom stereocenters. The lowest BCUT2D eigenvalue weighted by Gasteiger charge is -2.33. The normalized spacial score (nSPS) is 21.4. The molecule has 1 aromatic carbocycles. The van der Waals surface area contributed by atoms with E-state index >= 15 is 0 Å². The Morgan fingerprint density at radius 2 is 1.70 bits per heavy atom. The van der Waals surface area contributed by atoms with E-state index in [9.17, 15) is 4.79 Å². The second-order valence-electron chi connectivity index (χ2n) is 4.70. The summed E-state index contributed by atoms with van der Waals surface area (Å²) in [7, 11) is 0. The van der Waals surface area contributed by atoms with Crippen molar-refractivity contribution in [1.29, 1.82) is 0 Å². The highest BCUT2D eigenvalue weighted by molar-refractivity contribution is 5.85. The van der Waals surface area contributed by atoms with Crippen LogP contribution in [-0.4, -0.2) is 36.2 Å². The van der Waals surface area contributed by atoms with Crippen molar-refractivity contribution in [2.45, 2.75) is 25.1 Å². The van der Waals surface area contributed by atoms with Gasteiger partial charge in [-0.15, -0.1) is 24.8 Å². The van der Waals surface area contributed by atoms with E-state index in [1.54, 1.807) is 4.90 Å². The van der Waals surface area contributed by atoms with E-state index in [0.717, 1.165) is 12.0 Å². The first-order chi connectivity index (χ1) is 8.65. The van der Waals surface area contributed by atoms with E-state index in [4.69, 9.17) is 16.2 Å². The van der Waals surface area contributed by atoms with Crippen LogP contribution in [0.5, 0.6) is 0 Å². The molecule has 0 radical (unpaired) electrons. The van der Waals surface area contributed by atoms with Crippen LogP contribution in [0.15, 0.2) is 30.3 Å². The van der Waals surface area contributed by atoms with Gasteiger partial charge in [0, 0.05) is 25.2 Å². The molecule has 0 spiro atoms. The third-order valence-electron chi connectivity index (χ3n) is 2.98. The largest absolute Gasteiger partial charge is 0.445 e. The Morgan fingerprint density at radius 3 is 2.25 bits per heavy atom. The minimum atomic E-state index is -0.343. The van der Waals surface area contributed by atoms with Gasteiger partial charge in [-0.2, -0.15) is 0 Å². The van der Waals surface area contributed by atoms with Crippen LogP contribution in [0, 0.1) is 0 Å². The van der Waals surface area contributed by atoms with Crippen molar-refractivity contribution in [2.24, 2.45) is 11.5 Å². The molecule has 0 aromatic heterocycles. The molecular weight excluding hydrogens is 301 g/mol. The quantitative estimate of drug-likeness (QED) is 0.865. The molecule has 1 heterocycles. The van der Waals surface area contributed by atoms with Crippen molar-refractivity contribution in [3.63, 3.8) is 0 Å². The molecule has 20 heavy (non-hydrogen) atoms. The lowest BCUT2D eigenvalue weighted by atomic mass is 10.0. The first-order valence-electron chi connectivity index (χ1n) is 6.12. The van der Waals surface area contributed by atoms with Crippen LogP contribution in [0.2, 0.25) is 0 Å². The summed E-state index contributed by atoms with van der Waals surface area (Å²) in [6, 6.07) is 9.47. The van der Waals surface area contributed by atoms with Gasteiger partial charge in [-0.3, -0.25) is 0 Å². The van der Waals surface area contributed by atoms with E-state index in [1.807, 2.05) is 30.3 Å². The van der Waals surface area contributed by atoms with Gasteiger partial charge in [0.05, 0.1) is 0 Å². The third kappa shape index (κ3) is 5.54. The van der Waals surface area contributed by atoms with Crippen LogP contribution < -0.4 is 11.5 Å². The van der Waals surface area contributed by atoms with Crippen molar-refractivity contribution >= 4 is 30.9 Å². The fourth-order valence-electron chi connectivity index (χ4n) is 2.14. The molecule has 2 rings (SSSR count). The van der Waals surface area contributed by atoms with Crippen LogP contribution in [0.3, 0.4) is 0 Å². The fraction of sp³-hybridized carbons (Fsp3) is 0.462. The monoisotopic (exact) mass is 321 g/mol. The number of benzene rings is 1. The van der Waals surface area contributed by atoms with Gasteiger partial charge < -0.3 is 21.1 Å². The Morgan fingerprint density at radius 1 is 1.15 bits per heavy atom. The van der Waals surface area contributed by atoms with E-state index in [0.29, 0.717) is 13.1 Å². The highest BCUT2D eigenvalue weighted by Crippen LogP contribution is 2.10. The SMILES string of the molecule is Cl.Cl.N[C@@H]1C[C@H](N)CN(C(=O)OCc2ccccc2)C1. The van der Waals surface area contributed by atoms with Crippen LogP contribution in [0.1, 0.15) is 12.0 Å². The zero-order chi connectivity index (χ0) is 13.0. The third-order valence-corrected chi connectivity index (χ3v) is 2.98. The second kappa shape index (κ2) is 9.02. The number of hydrogen-bond acceptors (Lipinski definition) is 4. The highest BCUT2D eigenvalue weighted by atomic mass is 35.5. The highest BCUT2D eigenvalue weighted by Gasteiger charge is 2.26. The number of likely N-dealkylation sites (tertiary alicyclic amines) is 1. The second-order valence-corrected chi connectivity index (χ2v) is 4.70. The predicted octanol–water partition coefficient (Wildman–Crippen LogP) is 1.53. The lowest BCUT2D eigenvalue weighted by Crippen LogP contribution is -2.54. The first-order valence-corrected chi connectivity index (χ1v) is 6.12. The Kier molecular flexibility index (Phi) is 8.57. The molecule has 1 fully saturated rings. The molecule has 1 aliphatic rings. The Labute approximate surface area is 131 Å². The molecule has 5 nitrogen and oxygen atoms in total. The molecule has 114 valence electrons. The van der Waals surface area contributed by atoms with E-state index < -0.39 is 0 Å². The average molecular weight is 322 g/mol. The van der Waals surface area contributed by atoms with Crippen molar-refractivity contribution < 1.29 is 9.53 Å². The molecule has 4 N–H and O–H groups in total. The maximum Gasteiger partial charge on any atom is 0.410 e. The van der Waals surface area contributed by atoms with E-state index in [1.165, 1.54) is 0 Å². The van der Waals surface area contributed by atoms with Crippen molar-refractivity contribution in [1.82, 2.24) is 4.90 Å². The summed E-state index contributed by atoms with van der Waals surface area (Å²) in [5.74, 6) is 0. The molecule has 7 heteroatoms. The topological polar surface area (TPSA) is 81.6 Å². The van der Waals surface area contributed by atoms with Gasteiger partial charge in [-0.25, -0.2) is 4.79 Å². The Hall–Kier alpha value is -1.01. The van der Waals surface area contributed by atoms with Gasteiger partial charge >= 0.3 is 6.09 Å². The van der Waals surface area contributed by atoms with Crippen LogP contribution in [0.4, 0.5) is 4.79 Å². The van der Waals surface area contributed by atoms with E-state index in [-0.39, 0.29) is 49.6 Å². The summed E-state index contributed by atoms with van der Waals surface area (Å²) in [5, 5.41) is 0. The number of nitrogens with two attached hydrogens (primary N) is 2. The molecular formula is C13H21Cl2N3O2. The van der Waals surface area contributed by atoms with Crippen LogP contribution in [0.25, 0.3) is 0 Å². The number of ether oxygens (including phenoxy) is 1. The Balaban J connectivity index is 0.00000180. The number of rotatable bonds is 2. The number of halogens is 2. The molecule has 1 aliphatic heterocycles. The molecule has 1 saturated heterocycles. The summed E-state index contributed by atoms with van der Waals surface area (Å²) in [4.78, 5) is 13.4. The number of carbonyl (C=O) groups excluding carboxylic acids is 1. The number of hydrogen-bond donors (Lipinski definition) is 2. The maximum atomic E-state index is 11.9. The fourth-order valence-corrected chi connectivity index (χ4v) is 2.14. The van der Waals surface area contributed by atoms with Crippen molar-refractivity contribution in [3.8, 4) is 0 Å². The minimum Gasteiger partial charge on any atom is -0.445 e. The molecule has 0 saturated carbocycles. The molecule has 0 unspecified atom stereocenters. The minimum absolute atomic E-state index is 0. The van der Waals surface area contributed by atoms with Crippen molar-refractivity contribution in [2.75, 3.05) is 13.1 Å². The summed E-state index contributed by atoms with van der Waals surface area (Å²) in [6.07, 6.45) is 0.409. The lowest BCUT2D eigenvalue weighted by molar-refractivity contribution is 0.0826. The Bertz CT molecular complexity index is 396. The number of nitrogens with zero attached hydrogens (tertiary/aromatic N) is 1. The molecule has 0 bridgehead atoms. The van der Waals surface area contributed by atoms with Gasteiger partial charge in [-0.1, -0.05) is 30.3 Å². The smallest absolute Gasteiger partial charge is 0.410 e. The average Bonchev–Trinajstić information content (AvgIpc) is 2.36. The van der Waals surface area contributed by atoms with Gasteiger partial charge in [0.15, 0.2) is 0 Å².